The molecule has 1 atom stereocenters. The van der Waals surface area contributed by atoms with Gasteiger partial charge in [0.1, 0.15) is 0 Å². The molecule has 1 rings (SSSR count). The zero-order chi connectivity index (χ0) is 14.5. The molecule has 0 aliphatic carbocycles. The minimum absolute atomic E-state index is 0.115. The summed E-state index contributed by atoms with van der Waals surface area (Å²) in [4.78, 5) is 0. The second-order valence-electron chi connectivity index (χ2n) is 5.94. The van der Waals surface area contributed by atoms with Crippen molar-refractivity contribution in [2.45, 2.75) is 83.7 Å². The molecule has 0 radical (unpaired) electrons. The minimum Gasteiger partial charge on any atom is -0.393 e. The van der Waals surface area contributed by atoms with Crippen LogP contribution in [0.25, 0.3) is 0 Å². The van der Waals surface area contributed by atoms with E-state index in [1.54, 1.807) is 0 Å². The van der Waals surface area contributed by atoms with Crippen molar-refractivity contribution in [3.8, 4) is 0 Å². The van der Waals surface area contributed by atoms with Gasteiger partial charge < -0.3 is 5.11 Å². The van der Waals surface area contributed by atoms with Gasteiger partial charge in [0.25, 0.3) is 0 Å². The van der Waals surface area contributed by atoms with Crippen LogP contribution in [0.5, 0.6) is 0 Å². The number of hydrogen-bond acceptors (Lipinski definition) is 1. The third-order valence-corrected chi connectivity index (χ3v) is 4.00. The van der Waals surface area contributed by atoms with Gasteiger partial charge in [-0.25, -0.2) is 0 Å². The van der Waals surface area contributed by atoms with Gasteiger partial charge in [-0.1, -0.05) is 88.6 Å². The first-order chi connectivity index (χ1) is 9.83. The molecule has 1 aromatic carbocycles. The van der Waals surface area contributed by atoms with E-state index < -0.39 is 0 Å². The molecule has 1 aromatic rings. The Balaban J connectivity index is 1.91. The molecule has 0 amide bonds. The molecule has 0 saturated carbocycles. The molecule has 0 fully saturated rings. The molecule has 0 aliphatic rings. The Kier molecular flexibility index (Phi) is 10.3. The summed E-state index contributed by atoms with van der Waals surface area (Å²) >= 11 is 0. The van der Waals surface area contributed by atoms with Gasteiger partial charge in [-0.3, -0.25) is 0 Å². The lowest BCUT2D eigenvalue weighted by molar-refractivity contribution is 0.151. The first-order valence-electron chi connectivity index (χ1n) is 8.55. The van der Waals surface area contributed by atoms with Gasteiger partial charge in [-0.15, -0.1) is 0 Å². The van der Waals surface area contributed by atoms with E-state index in [1.165, 1.54) is 56.9 Å². The second kappa shape index (κ2) is 12.0. The average molecular weight is 276 g/mol. The fourth-order valence-electron chi connectivity index (χ4n) is 2.64. The average Bonchev–Trinajstić information content (AvgIpc) is 2.49. The molecule has 0 heterocycles. The van der Waals surface area contributed by atoms with Gasteiger partial charge in [0, 0.05) is 0 Å². The van der Waals surface area contributed by atoms with Crippen LogP contribution in [0.2, 0.25) is 0 Å². The third-order valence-electron chi connectivity index (χ3n) is 4.00. The maximum Gasteiger partial charge on any atom is 0.0543 e. The summed E-state index contributed by atoms with van der Waals surface area (Å²) in [5.41, 5.74) is 1.34. The van der Waals surface area contributed by atoms with Crippen LogP contribution in [0.3, 0.4) is 0 Å². The highest BCUT2D eigenvalue weighted by molar-refractivity contribution is 5.14. The second-order valence-corrected chi connectivity index (χ2v) is 5.94. The Labute approximate surface area is 125 Å². The van der Waals surface area contributed by atoms with Crippen LogP contribution in [0, 0.1) is 0 Å². The summed E-state index contributed by atoms with van der Waals surface area (Å²) in [6, 6.07) is 10.5. The molecule has 0 spiro atoms. The summed E-state index contributed by atoms with van der Waals surface area (Å²) in [5, 5.41) is 9.98. The zero-order valence-electron chi connectivity index (χ0n) is 13.2. The van der Waals surface area contributed by atoms with E-state index in [0.717, 1.165) is 19.3 Å². The van der Waals surface area contributed by atoms with Gasteiger partial charge in [-0.05, 0) is 24.8 Å². The molecule has 1 N–H and O–H groups in total. The zero-order valence-corrected chi connectivity index (χ0v) is 13.2. The Bertz CT molecular complexity index is 307. The summed E-state index contributed by atoms with van der Waals surface area (Å²) in [6.45, 7) is 2.26. The van der Waals surface area contributed by atoms with Crippen molar-refractivity contribution in [2.75, 3.05) is 0 Å². The fourth-order valence-corrected chi connectivity index (χ4v) is 2.64. The van der Waals surface area contributed by atoms with Gasteiger partial charge in [-0.2, -0.15) is 0 Å². The maximum absolute atomic E-state index is 9.98. The van der Waals surface area contributed by atoms with E-state index in [0.29, 0.717) is 0 Å². The topological polar surface area (TPSA) is 20.2 Å². The van der Waals surface area contributed by atoms with Crippen molar-refractivity contribution in [1.82, 2.24) is 0 Å². The number of benzene rings is 1. The van der Waals surface area contributed by atoms with Crippen molar-refractivity contribution in [3.63, 3.8) is 0 Å². The number of aliphatic hydroxyl groups excluding tert-OH is 1. The molecule has 0 aliphatic heterocycles. The number of aliphatic hydroxyl groups is 1. The van der Waals surface area contributed by atoms with Gasteiger partial charge in [0.2, 0.25) is 0 Å². The molecular formula is C19H32O. The number of aryl methyl sites for hydroxylation is 1. The Morgan fingerprint density at radius 3 is 2.05 bits per heavy atom. The van der Waals surface area contributed by atoms with Crippen LogP contribution in [0.15, 0.2) is 30.3 Å². The van der Waals surface area contributed by atoms with Crippen LogP contribution in [0.1, 0.15) is 76.7 Å². The molecule has 20 heavy (non-hydrogen) atoms. The van der Waals surface area contributed by atoms with Crippen molar-refractivity contribution >= 4 is 0 Å². The van der Waals surface area contributed by atoms with Crippen LogP contribution in [-0.4, -0.2) is 11.2 Å². The van der Waals surface area contributed by atoms with Crippen LogP contribution in [0.4, 0.5) is 0 Å². The number of hydrogen-bond donors (Lipinski definition) is 1. The molecule has 1 unspecified atom stereocenters. The van der Waals surface area contributed by atoms with Crippen molar-refractivity contribution < 1.29 is 5.11 Å². The summed E-state index contributed by atoms with van der Waals surface area (Å²) in [7, 11) is 0. The van der Waals surface area contributed by atoms with Crippen molar-refractivity contribution in [2.24, 2.45) is 0 Å². The van der Waals surface area contributed by atoms with Gasteiger partial charge >= 0.3 is 0 Å². The quantitative estimate of drug-likeness (QED) is 0.499. The number of rotatable bonds is 12. The smallest absolute Gasteiger partial charge is 0.0543 e. The van der Waals surface area contributed by atoms with Crippen LogP contribution >= 0.6 is 0 Å². The van der Waals surface area contributed by atoms with E-state index in [2.05, 4.69) is 31.2 Å². The molecule has 1 nitrogen and oxygen atoms in total. The first kappa shape index (κ1) is 17.2. The number of unbranched alkanes of at least 4 members (excludes halogenated alkanes) is 7. The first-order valence-corrected chi connectivity index (χ1v) is 8.55. The van der Waals surface area contributed by atoms with E-state index >= 15 is 0 Å². The van der Waals surface area contributed by atoms with Gasteiger partial charge in [0.05, 0.1) is 6.10 Å². The Morgan fingerprint density at radius 2 is 1.40 bits per heavy atom. The highest BCUT2D eigenvalue weighted by Crippen LogP contribution is 2.13. The summed E-state index contributed by atoms with van der Waals surface area (Å²) in [6.07, 6.45) is 13.5. The van der Waals surface area contributed by atoms with E-state index in [1.807, 2.05) is 6.07 Å². The molecule has 0 saturated heterocycles. The van der Waals surface area contributed by atoms with E-state index in [-0.39, 0.29) is 6.10 Å². The molecule has 1 heteroatoms. The van der Waals surface area contributed by atoms with Crippen LogP contribution < -0.4 is 0 Å². The monoisotopic (exact) mass is 276 g/mol. The lowest BCUT2D eigenvalue weighted by Gasteiger charge is -2.10. The molecule has 114 valence electrons. The van der Waals surface area contributed by atoms with Crippen molar-refractivity contribution in [3.05, 3.63) is 35.9 Å². The largest absolute Gasteiger partial charge is 0.393 e. The van der Waals surface area contributed by atoms with Crippen LogP contribution in [-0.2, 0) is 6.42 Å². The summed E-state index contributed by atoms with van der Waals surface area (Å²) in [5.74, 6) is 0. The lowest BCUT2D eigenvalue weighted by Crippen LogP contribution is -2.07. The van der Waals surface area contributed by atoms with E-state index in [9.17, 15) is 5.11 Å². The lowest BCUT2D eigenvalue weighted by atomic mass is 10.0. The maximum atomic E-state index is 9.98. The molecule has 0 bridgehead atoms. The summed E-state index contributed by atoms with van der Waals surface area (Å²) < 4.78 is 0. The van der Waals surface area contributed by atoms with E-state index in [4.69, 9.17) is 0 Å². The van der Waals surface area contributed by atoms with Crippen molar-refractivity contribution in [1.29, 1.82) is 0 Å². The standard InChI is InChI=1S/C19H32O/c1-2-3-4-5-6-7-8-12-15-19(20)17-16-18-13-10-9-11-14-18/h9-11,13-14,19-20H,2-8,12,15-17H2,1H3. The normalized spacial score (nSPS) is 12.5. The fraction of sp³-hybridized carbons (Fsp3) is 0.684. The minimum atomic E-state index is -0.115. The Morgan fingerprint density at radius 1 is 0.800 bits per heavy atom. The predicted octanol–water partition coefficient (Wildman–Crippen LogP) is 5.51. The highest BCUT2D eigenvalue weighted by atomic mass is 16.3. The molecule has 0 aromatic heterocycles. The predicted molar refractivity (Wildman–Crippen MR) is 88.0 cm³/mol. The Hall–Kier alpha value is -0.820. The third kappa shape index (κ3) is 9.14. The molecular weight excluding hydrogens is 244 g/mol. The highest BCUT2D eigenvalue weighted by Gasteiger charge is 2.04. The van der Waals surface area contributed by atoms with Gasteiger partial charge in [0.15, 0.2) is 0 Å². The SMILES string of the molecule is CCCCCCCCCCC(O)CCc1ccccc1.